The van der Waals surface area contributed by atoms with Gasteiger partial charge in [0.2, 0.25) is 0 Å². The highest BCUT2D eigenvalue weighted by Gasteiger charge is 2.48. The first-order valence-electron chi connectivity index (χ1n) is 8.82. The SMILES string of the molecule is CC[C@@H]1C[C@@H]2C[C@H]3c4[nH]c5ccc(O)cc5c4CCN(C2)[C@H]13. The van der Waals surface area contributed by atoms with E-state index in [2.05, 4.69) is 16.8 Å². The van der Waals surface area contributed by atoms with Crippen molar-refractivity contribution in [1.29, 1.82) is 0 Å². The second kappa shape index (κ2) is 4.51. The molecule has 1 aliphatic carbocycles. The van der Waals surface area contributed by atoms with Crippen LogP contribution < -0.4 is 0 Å². The number of rotatable bonds is 1. The highest BCUT2D eigenvalue weighted by Crippen LogP contribution is 2.51. The Morgan fingerprint density at radius 2 is 2.23 bits per heavy atom. The number of aromatic amines is 1. The quantitative estimate of drug-likeness (QED) is 0.843. The van der Waals surface area contributed by atoms with Crippen molar-refractivity contribution in [2.75, 3.05) is 13.1 Å². The number of hydrogen-bond acceptors (Lipinski definition) is 2. The summed E-state index contributed by atoms with van der Waals surface area (Å²) in [7, 11) is 0. The molecule has 0 radical (unpaired) electrons. The Balaban J connectivity index is 1.69. The van der Waals surface area contributed by atoms with Crippen molar-refractivity contribution >= 4 is 10.9 Å². The number of H-pyrrole nitrogens is 1. The second-order valence-electron chi connectivity index (χ2n) is 7.59. The van der Waals surface area contributed by atoms with Gasteiger partial charge < -0.3 is 10.1 Å². The minimum Gasteiger partial charge on any atom is -0.508 e. The van der Waals surface area contributed by atoms with E-state index in [-0.39, 0.29) is 0 Å². The van der Waals surface area contributed by atoms with Crippen LogP contribution in [-0.2, 0) is 6.42 Å². The molecule has 1 unspecified atom stereocenters. The molecule has 22 heavy (non-hydrogen) atoms. The zero-order valence-electron chi connectivity index (χ0n) is 13.2. The van der Waals surface area contributed by atoms with Crippen molar-refractivity contribution in [3.63, 3.8) is 0 Å². The lowest BCUT2D eigenvalue weighted by Crippen LogP contribution is -2.56. The zero-order chi connectivity index (χ0) is 14.8. The molecular formula is C19H24N2O. The largest absolute Gasteiger partial charge is 0.508 e. The number of aromatic hydroxyl groups is 1. The van der Waals surface area contributed by atoms with Crippen LogP contribution >= 0.6 is 0 Å². The summed E-state index contributed by atoms with van der Waals surface area (Å²) in [6, 6.07) is 6.52. The third-order valence-corrected chi connectivity index (χ3v) is 6.50. The summed E-state index contributed by atoms with van der Waals surface area (Å²) in [6.45, 7) is 4.86. The molecule has 3 fully saturated rings. The van der Waals surface area contributed by atoms with E-state index < -0.39 is 0 Å². The minimum absolute atomic E-state index is 0.384. The van der Waals surface area contributed by atoms with E-state index in [0.717, 1.165) is 24.3 Å². The van der Waals surface area contributed by atoms with Crippen molar-refractivity contribution in [2.24, 2.45) is 11.8 Å². The van der Waals surface area contributed by atoms with E-state index in [4.69, 9.17) is 0 Å². The molecule has 0 spiro atoms. The number of fused-ring (bicyclic) bond motifs is 4. The maximum atomic E-state index is 9.87. The van der Waals surface area contributed by atoms with Crippen molar-refractivity contribution < 1.29 is 5.11 Å². The van der Waals surface area contributed by atoms with Crippen LogP contribution in [0, 0.1) is 11.8 Å². The van der Waals surface area contributed by atoms with E-state index in [1.807, 2.05) is 12.1 Å². The van der Waals surface area contributed by atoms with Crippen molar-refractivity contribution in [1.82, 2.24) is 9.88 Å². The summed E-state index contributed by atoms with van der Waals surface area (Å²) in [5, 5.41) is 11.1. The van der Waals surface area contributed by atoms with Gasteiger partial charge in [-0.3, -0.25) is 4.90 Å². The van der Waals surface area contributed by atoms with E-state index in [1.165, 1.54) is 54.5 Å². The Hall–Kier alpha value is -1.48. The molecule has 4 heterocycles. The fraction of sp³-hybridized carbons (Fsp3) is 0.579. The molecule has 2 aromatic rings. The van der Waals surface area contributed by atoms with Crippen LogP contribution in [0.3, 0.4) is 0 Å². The molecule has 5 atom stereocenters. The average Bonchev–Trinajstić information content (AvgIpc) is 2.85. The number of phenolic OH excluding ortho intramolecular Hbond substituents is 1. The summed E-state index contributed by atoms with van der Waals surface area (Å²) in [6.07, 6.45) is 5.22. The molecule has 2 saturated heterocycles. The Bertz CT molecular complexity index is 734. The van der Waals surface area contributed by atoms with Gasteiger partial charge in [-0.05, 0) is 54.9 Å². The first kappa shape index (κ1) is 13.0. The standard InChI is InChI=1S/C19H24N2O/c1-2-12-7-11-8-16-18-14(5-6-21(10-11)19(12)16)15-9-13(22)3-4-17(15)20-18/h3-4,9,11-12,16,19-20,22H,2,5-8,10H2,1H3/t11-,12-,16+,19-/m1/s1. The topological polar surface area (TPSA) is 39.3 Å². The second-order valence-corrected chi connectivity index (χ2v) is 7.59. The van der Waals surface area contributed by atoms with Gasteiger partial charge in [0.1, 0.15) is 5.75 Å². The van der Waals surface area contributed by atoms with Gasteiger partial charge in [0.15, 0.2) is 0 Å². The van der Waals surface area contributed by atoms with Gasteiger partial charge in [-0.15, -0.1) is 0 Å². The number of hydrogen-bond donors (Lipinski definition) is 2. The molecule has 0 amide bonds. The van der Waals surface area contributed by atoms with Gasteiger partial charge in [0.05, 0.1) is 0 Å². The van der Waals surface area contributed by atoms with Crippen molar-refractivity contribution in [3.8, 4) is 5.75 Å². The number of benzene rings is 1. The first-order chi connectivity index (χ1) is 10.7. The number of piperidine rings is 2. The molecule has 1 aromatic carbocycles. The number of nitrogens with zero attached hydrogens (tertiary/aromatic N) is 1. The molecule has 2 N–H and O–H groups in total. The summed E-state index contributed by atoms with van der Waals surface area (Å²) in [5.74, 6) is 2.80. The Morgan fingerprint density at radius 3 is 3.09 bits per heavy atom. The average molecular weight is 296 g/mol. The Kier molecular flexibility index (Phi) is 2.67. The van der Waals surface area contributed by atoms with Crippen LogP contribution in [0.15, 0.2) is 18.2 Å². The fourth-order valence-electron chi connectivity index (χ4n) is 5.68. The lowest BCUT2D eigenvalue weighted by atomic mass is 9.65. The maximum Gasteiger partial charge on any atom is 0.116 e. The first-order valence-corrected chi connectivity index (χ1v) is 8.82. The van der Waals surface area contributed by atoms with Gasteiger partial charge in [0.25, 0.3) is 0 Å². The molecule has 1 aromatic heterocycles. The van der Waals surface area contributed by atoms with Gasteiger partial charge in [-0.1, -0.05) is 13.3 Å². The maximum absolute atomic E-state index is 9.87. The highest BCUT2D eigenvalue weighted by atomic mass is 16.3. The number of aromatic nitrogens is 1. The van der Waals surface area contributed by atoms with E-state index >= 15 is 0 Å². The van der Waals surface area contributed by atoms with Crippen LogP contribution in [-0.4, -0.2) is 34.1 Å². The smallest absolute Gasteiger partial charge is 0.116 e. The van der Waals surface area contributed by atoms with Crippen LogP contribution in [0.5, 0.6) is 5.75 Å². The minimum atomic E-state index is 0.384. The summed E-state index contributed by atoms with van der Waals surface area (Å²) in [5.41, 5.74) is 4.16. The normalized spacial score (nSPS) is 36.3. The molecule has 4 aliphatic rings. The molecule has 3 aliphatic heterocycles. The Morgan fingerprint density at radius 1 is 1.32 bits per heavy atom. The van der Waals surface area contributed by atoms with Gasteiger partial charge in [0, 0.05) is 41.6 Å². The van der Waals surface area contributed by atoms with E-state index in [0.29, 0.717) is 11.7 Å². The summed E-state index contributed by atoms with van der Waals surface area (Å²) in [4.78, 5) is 6.51. The number of phenols is 1. The zero-order valence-corrected chi connectivity index (χ0v) is 13.2. The van der Waals surface area contributed by atoms with Crippen molar-refractivity contribution in [2.45, 2.75) is 44.6 Å². The summed E-state index contributed by atoms with van der Waals surface area (Å²) >= 11 is 0. The fourth-order valence-corrected chi connectivity index (χ4v) is 5.68. The lowest BCUT2D eigenvalue weighted by Gasteiger charge is -2.53. The van der Waals surface area contributed by atoms with Gasteiger partial charge in [-0.25, -0.2) is 0 Å². The third kappa shape index (κ3) is 1.66. The monoisotopic (exact) mass is 296 g/mol. The lowest BCUT2D eigenvalue weighted by molar-refractivity contribution is -0.0134. The highest BCUT2D eigenvalue weighted by molar-refractivity contribution is 5.86. The predicted molar refractivity (Wildman–Crippen MR) is 88.3 cm³/mol. The molecule has 3 nitrogen and oxygen atoms in total. The van der Waals surface area contributed by atoms with Crippen molar-refractivity contribution in [3.05, 3.63) is 29.5 Å². The van der Waals surface area contributed by atoms with Crippen LogP contribution in [0.1, 0.15) is 43.4 Å². The molecule has 3 heteroatoms. The van der Waals surface area contributed by atoms with E-state index in [9.17, 15) is 5.11 Å². The third-order valence-electron chi connectivity index (χ3n) is 6.50. The van der Waals surface area contributed by atoms with Gasteiger partial charge >= 0.3 is 0 Å². The van der Waals surface area contributed by atoms with Crippen LogP contribution in [0.2, 0.25) is 0 Å². The predicted octanol–water partition coefficient (Wildman–Crippen LogP) is 3.63. The van der Waals surface area contributed by atoms with Crippen LogP contribution in [0.4, 0.5) is 0 Å². The molecule has 4 bridgehead atoms. The molecule has 116 valence electrons. The summed E-state index contributed by atoms with van der Waals surface area (Å²) < 4.78 is 0. The molecule has 1 saturated carbocycles. The van der Waals surface area contributed by atoms with Crippen LogP contribution in [0.25, 0.3) is 10.9 Å². The number of nitrogens with one attached hydrogen (secondary N) is 1. The molecular weight excluding hydrogens is 272 g/mol. The van der Waals surface area contributed by atoms with E-state index in [1.54, 1.807) is 6.07 Å². The Labute approximate surface area is 131 Å². The molecule has 6 rings (SSSR count). The van der Waals surface area contributed by atoms with Gasteiger partial charge in [-0.2, -0.15) is 0 Å².